The van der Waals surface area contributed by atoms with Crippen LogP contribution in [0.15, 0.2) is 36.5 Å². The Hall–Kier alpha value is -2.73. The maximum Gasteiger partial charge on any atom is 0.254 e. The lowest BCUT2D eigenvalue weighted by Gasteiger charge is -2.24. The van der Waals surface area contributed by atoms with E-state index in [4.69, 9.17) is 4.98 Å². The lowest BCUT2D eigenvalue weighted by atomic mass is 10.0. The van der Waals surface area contributed by atoms with Crippen LogP contribution in [0.3, 0.4) is 0 Å². The molecule has 5 rings (SSSR count). The second-order valence-corrected chi connectivity index (χ2v) is 9.23. The molecule has 2 aliphatic rings. The van der Waals surface area contributed by atoms with Crippen molar-refractivity contribution >= 4 is 16.9 Å². The van der Waals surface area contributed by atoms with E-state index >= 15 is 0 Å². The second kappa shape index (κ2) is 8.08. The quantitative estimate of drug-likeness (QED) is 0.635. The Labute approximate surface area is 183 Å². The number of amides is 1. The topological polar surface area (TPSA) is 54.3 Å². The number of carbonyl (C=O) groups excluding carboxylic acids is 1. The van der Waals surface area contributed by atoms with E-state index in [1.165, 1.54) is 25.9 Å². The minimum absolute atomic E-state index is 0.104. The molecule has 0 bridgehead atoms. The summed E-state index contributed by atoms with van der Waals surface area (Å²) in [5.74, 6) is 0.104. The van der Waals surface area contributed by atoms with Crippen LogP contribution in [-0.4, -0.2) is 62.7 Å². The van der Waals surface area contributed by atoms with Crippen molar-refractivity contribution in [2.45, 2.75) is 52.1 Å². The Kier molecular flexibility index (Phi) is 5.26. The smallest absolute Gasteiger partial charge is 0.254 e. The SMILES string of the molecule is Cc1ccccc1-c1cc(C(=O)N2CCC(N3CCCC3)C2)c2cnn(C(C)C)c2n1. The van der Waals surface area contributed by atoms with Crippen molar-refractivity contribution in [3.8, 4) is 11.3 Å². The number of fused-ring (bicyclic) bond motifs is 1. The lowest BCUT2D eigenvalue weighted by Crippen LogP contribution is -2.37. The van der Waals surface area contributed by atoms with Crippen LogP contribution in [0.4, 0.5) is 0 Å². The first kappa shape index (κ1) is 20.2. The highest BCUT2D eigenvalue weighted by Gasteiger charge is 2.33. The predicted octanol–water partition coefficient (Wildman–Crippen LogP) is 4.30. The number of rotatable bonds is 4. The second-order valence-electron chi connectivity index (χ2n) is 9.23. The van der Waals surface area contributed by atoms with Gasteiger partial charge in [0.25, 0.3) is 5.91 Å². The molecule has 1 amide bonds. The zero-order chi connectivity index (χ0) is 21.5. The van der Waals surface area contributed by atoms with Crippen LogP contribution in [0.2, 0.25) is 0 Å². The molecule has 0 aliphatic carbocycles. The Balaban J connectivity index is 1.55. The molecule has 0 radical (unpaired) electrons. The molecule has 0 saturated carbocycles. The lowest BCUT2D eigenvalue weighted by molar-refractivity contribution is 0.0782. The third-order valence-electron chi connectivity index (χ3n) is 6.81. The summed E-state index contributed by atoms with van der Waals surface area (Å²) in [5, 5.41) is 5.42. The fourth-order valence-corrected chi connectivity index (χ4v) is 5.07. The molecule has 2 aliphatic heterocycles. The molecule has 2 aromatic heterocycles. The van der Waals surface area contributed by atoms with E-state index in [2.05, 4.69) is 42.9 Å². The largest absolute Gasteiger partial charge is 0.337 e. The standard InChI is InChI=1S/C25H31N5O/c1-17(2)30-24-22(15-26-30)21(14-23(27-24)20-9-5-4-8-18(20)3)25(31)29-13-10-19(16-29)28-11-6-7-12-28/h4-5,8-9,14-15,17,19H,6-7,10-13,16H2,1-3H3. The first-order chi connectivity index (χ1) is 15.0. The highest BCUT2D eigenvalue weighted by molar-refractivity contribution is 6.06. The number of pyridine rings is 1. The molecule has 162 valence electrons. The molecule has 6 nitrogen and oxygen atoms in total. The van der Waals surface area contributed by atoms with Gasteiger partial charge < -0.3 is 4.90 Å². The number of hydrogen-bond acceptors (Lipinski definition) is 4. The fourth-order valence-electron chi connectivity index (χ4n) is 5.07. The monoisotopic (exact) mass is 417 g/mol. The van der Waals surface area contributed by atoms with E-state index in [1.54, 1.807) is 0 Å². The van der Waals surface area contributed by atoms with Crippen molar-refractivity contribution in [3.05, 3.63) is 47.7 Å². The summed E-state index contributed by atoms with van der Waals surface area (Å²) in [6.07, 6.45) is 5.44. The van der Waals surface area contributed by atoms with Gasteiger partial charge in [-0.2, -0.15) is 5.10 Å². The van der Waals surface area contributed by atoms with E-state index in [0.717, 1.165) is 52.9 Å². The normalized spacial score (nSPS) is 19.7. The molecule has 2 fully saturated rings. The van der Waals surface area contributed by atoms with Crippen molar-refractivity contribution in [2.24, 2.45) is 0 Å². The van der Waals surface area contributed by atoms with Crippen LogP contribution >= 0.6 is 0 Å². The van der Waals surface area contributed by atoms with Crippen molar-refractivity contribution in [1.29, 1.82) is 0 Å². The minimum atomic E-state index is 0.104. The highest BCUT2D eigenvalue weighted by Crippen LogP contribution is 2.30. The fraction of sp³-hybridized carbons (Fsp3) is 0.480. The number of carbonyl (C=O) groups is 1. The molecule has 1 atom stereocenters. The molecule has 3 aromatic rings. The van der Waals surface area contributed by atoms with Crippen LogP contribution in [-0.2, 0) is 0 Å². The number of nitrogens with zero attached hydrogens (tertiary/aromatic N) is 5. The number of hydrogen-bond donors (Lipinski definition) is 0. The van der Waals surface area contributed by atoms with Crippen LogP contribution < -0.4 is 0 Å². The molecular formula is C25H31N5O. The van der Waals surface area contributed by atoms with Gasteiger partial charge in [0, 0.05) is 30.7 Å². The Morgan fingerprint density at radius 2 is 1.90 bits per heavy atom. The summed E-state index contributed by atoms with van der Waals surface area (Å²) in [6, 6.07) is 10.9. The van der Waals surface area contributed by atoms with Crippen molar-refractivity contribution in [1.82, 2.24) is 24.6 Å². The van der Waals surface area contributed by atoms with Gasteiger partial charge in [-0.25, -0.2) is 9.67 Å². The Morgan fingerprint density at radius 3 is 2.65 bits per heavy atom. The van der Waals surface area contributed by atoms with E-state index < -0.39 is 0 Å². The van der Waals surface area contributed by atoms with Crippen molar-refractivity contribution in [2.75, 3.05) is 26.2 Å². The molecule has 1 aromatic carbocycles. The molecule has 1 unspecified atom stereocenters. The van der Waals surface area contributed by atoms with E-state index in [1.807, 2.05) is 34.0 Å². The van der Waals surface area contributed by atoms with Crippen LogP contribution in [0.1, 0.15) is 55.1 Å². The summed E-state index contributed by atoms with van der Waals surface area (Å²) in [6.45, 7) is 10.3. The Bertz CT molecular complexity index is 1110. The van der Waals surface area contributed by atoms with Gasteiger partial charge in [0.2, 0.25) is 0 Å². The van der Waals surface area contributed by atoms with Crippen LogP contribution in [0.25, 0.3) is 22.3 Å². The van der Waals surface area contributed by atoms with E-state index in [0.29, 0.717) is 6.04 Å². The third-order valence-corrected chi connectivity index (χ3v) is 6.81. The van der Waals surface area contributed by atoms with Gasteiger partial charge >= 0.3 is 0 Å². The first-order valence-electron chi connectivity index (χ1n) is 11.5. The average Bonchev–Trinajstić information content (AvgIpc) is 3.52. The minimum Gasteiger partial charge on any atom is -0.337 e. The number of likely N-dealkylation sites (tertiary alicyclic amines) is 2. The van der Waals surface area contributed by atoms with Gasteiger partial charge in [-0.15, -0.1) is 0 Å². The number of aromatic nitrogens is 3. The van der Waals surface area contributed by atoms with Gasteiger partial charge in [-0.05, 0) is 64.8 Å². The average molecular weight is 418 g/mol. The summed E-state index contributed by atoms with van der Waals surface area (Å²) >= 11 is 0. The number of benzene rings is 1. The van der Waals surface area contributed by atoms with Crippen LogP contribution in [0, 0.1) is 6.92 Å². The molecule has 4 heterocycles. The zero-order valence-electron chi connectivity index (χ0n) is 18.7. The van der Waals surface area contributed by atoms with Crippen molar-refractivity contribution in [3.63, 3.8) is 0 Å². The summed E-state index contributed by atoms with van der Waals surface area (Å²) in [4.78, 5) is 23.3. The van der Waals surface area contributed by atoms with Gasteiger partial charge in [0.05, 0.1) is 22.8 Å². The molecule has 0 N–H and O–H groups in total. The van der Waals surface area contributed by atoms with Gasteiger partial charge in [-0.1, -0.05) is 24.3 Å². The third kappa shape index (κ3) is 3.63. The predicted molar refractivity (Wildman–Crippen MR) is 123 cm³/mol. The van der Waals surface area contributed by atoms with Gasteiger partial charge in [0.15, 0.2) is 5.65 Å². The van der Waals surface area contributed by atoms with Crippen LogP contribution in [0.5, 0.6) is 0 Å². The molecule has 31 heavy (non-hydrogen) atoms. The van der Waals surface area contributed by atoms with E-state index in [-0.39, 0.29) is 11.9 Å². The van der Waals surface area contributed by atoms with Crippen molar-refractivity contribution < 1.29 is 4.79 Å². The maximum absolute atomic E-state index is 13.7. The van der Waals surface area contributed by atoms with E-state index in [9.17, 15) is 4.79 Å². The molecular weight excluding hydrogens is 386 g/mol. The first-order valence-corrected chi connectivity index (χ1v) is 11.5. The maximum atomic E-state index is 13.7. The zero-order valence-corrected chi connectivity index (χ0v) is 18.7. The molecule has 2 saturated heterocycles. The number of aryl methyl sites for hydroxylation is 1. The molecule has 6 heteroatoms. The Morgan fingerprint density at radius 1 is 1.13 bits per heavy atom. The molecule has 0 spiro atoms. The highest BCUT2D eigenvalue weighted by atomic mass is 16.2. The van der Waals surface area contributed by atoms with Gasteiger partial charge in [-0.3, -0.25) is 9.69 Å². The summed E-state index contributed by atoms with van der Waals surface area (Å²) in [5.41, 5.74) is 4.56. The van der Waals surface area contributed by atoms with Gasteiger partial charge in [0.1, 0.15) is 0 Å². The summed E-state index contributed by atoms with van der Waals surface area (Å²) < 4.78 is 1.92. The summed E-state index contributed by atoms with van der Waals surface area (Å²) in [7, 11) is 0.